The minimum Gasteiger partial charge on any atom is -0.389 e. The highest BCUT2D eigenvalue weighted by molar-refractivity contribution is 5.24. The van der Waals surface area contributed by atoms with Crippen molar-refractivity contribution in [1.82, 2.24) is 10.2 Å². The van der Waals surface area contributed by atoms with E-state index in [0.29, 0.717) is 5.92 Å². The van der Waals surface area contributed by atoms with Crippen LogP contribution in [0.2, 0.25) is 0 Å². The molecule has 1 saturated heterocycles. The Balaban J connectivity index is 2.22. The third kappa shape index (κ3) is 2.31. The molecule has 0 aromatic heterocycles. The monoisotopic (exact) mass is 224 g/mol. The number of rotatable bonds is 1. The van der Waals surface area contributed by atoms with Crippen molar-refractivity contribution >= 4 is 0 Å². The second-order valence-electron chi connectivity index (χ2n) is 5.65. The van der Waals surface area contributed by atoms with Crippen molar-refractivity contribution in [3.05, 3.63) is 11.1 Å². The van der Waals surface area contributed by atoms with E-state index in [2.05, 4.69) is 24.2 Å². The van der Waals surface area contributed by atoms with Crippen molar-refractivity contribution < 1.29 is 5.11 Å². The van der Waals surface area contributed by atoms with Gasteiger partial charge in [0.15, 0.2) is 0 Å². The number of likely N-dealkylation sites (tertiary alicyclic amines) is 1. The summed E-state index contributed by atoms with van der Waals surface area (Å²) in [5.41, 5.74) is 2.41. The summed E-state index contributed by atoms with van der Waals surface area (Å²) in [4.78, 5) is 2.33. The van der Waals surface area contributed by atoms with Gasteiger partial charge in [0.25, 0.3) is 0 Å². The van der Waals surface area contributed by atoms with Crippen LogP contribution in [0.1, 0.15) is 26.7 Å². The minimum atomic E-state index is -0.526. The molecule has 2 rings (SSSR count). The number of nitrogens with zero attached hydrogens (tertiary/aromatic N) is 1. The van der Waals surface area contributed by atoms with Crippen molar-refractivity contribution in [2.24, 2.45) is 5.92 Å². The summed E-state index contributed by atoms with van der Waals surface area (Å²) in [6.45, 7) is 8.26. The fraction of sp³-hybridized carbons (Fsp3) is 0.846. The third-order valence-corrected chi connectivity index (χ3v) is 4.21. The zero-order chi connectivity index (χ0) is 11.8. The predicted octanol–water partition coefficient (Wildman–Crippen LogP) is 0.999. The largest absolute Gasteiger partial charge is 0.389 e. The Morgan fingerprint density at radius 1 is 1.50 bits per heavy atom. The van der Waals surface area contributed by atoms with E-state index in [9.17, 15) is 5.11 Å². The Kier molecular flexibility index (Phi) is 3.38. The van der Waals surface area contributed by atoms with Crippen LogP contribution in [0.5, 0.6) is 0 Å². The summed E-state index contributed by atoms with van der Waals surface area (Å²) >= 11 is 0. The van der Waals surface area contributed by atoms with Gasteiger partial charge in [0.05, 0.1) is 5.60 Å². The summed E-state index contributed by atoms with van der Waals surface area (Å²) in [7, 11) is 2.15. The van der Waals surface area contributed by atoms with Crippen molar-refractivity contribution in [2.75, 3.05) is 33.2 Å². The highest BCUT2D eigenvalue weighted by Gasteiger charge is 2.39. The first-order chi connectivity index (χ1) is 7.50. The second-order valence-corrected chi connectivity index (χ2v) is 5.65. The van der Waals surface area contributed by atoms with Gasteiger partial charge in [-0.2, -0.15) is 0 Å². The quantitative estimate of drug-likeness (QED) is 0.652. The van der Waals surface area contributed by atoms with Crippen molar-refractivity contribution in [3.8, 4) is 0 Å². The molecule has 16 heavy (non-hydrogen) atoms. The van der Waals surface area contributed by atoms with E-state index in [1.54, 1.807) is 0 Å². The van der Waals surface area contributed by atoms with Gasteiger partial charge >= 0.3 is 0 Å². The van der Waals surface area contributed by atoms with Crippen molar-refractivity contribution in [2.45, 2.75) is 32.3 Å². The molecule has 2 heterocycles. The fourth-order valence-electron chi connectivity index (χ4n) is 2.91. The fourth-order valence-corrected chi connectivity index (χ4v) is 2.91. The molecule has 92 valence electrons. The molecule has 2 unspecified atom stereocenters. The van der Waals surface area contributed by atoms with Crippen molar-refractivity contribution in [1.29, 1.82) is 0 Å². The molecule has 3 heteroatoms. The lowest BCUT2D eigenvalue weighted by Gasteiger charge is -2.44. The van der Waals surface area contributed by atoms with Gasteiger partial charge in [-0.05, 0) is 40.3 Å². The molecule has 2 atom stereocenters. The van der Waals surface area contributed by atoms with E-state index >= 15 is 0 Å². The zero-order valence-corrected chi connectivity index (χ0v) is 10.7. The minimum absolute atomic E-state index is 0.305. The molecule has 0 bridgehead atoms. The average molecular weight is 224 g/mol. The normalized spacial score (nSPS) is 37.9. The maximum atomic E-state index is 10.5. The van der Waals surface area contributed by atoms with Crippen LogP contribution in [-0.4, -0.2) is 48.8 Å². The Morgan fingerprint density at radius 3 is 2.94 bits per heavy atom. The smallest absolute Gasteiger partial charge is 0.0709 e. The molecule has 2 aliphatic heterocycles. The first-order valence-corrected chi connectivity index (χ1v) is 6.31. The van der Waals surface area contributed by atoms with Crippen LogP contribution >= 0.6 is 0 Å². The summed E-state index contributed by atoms with van der Waals surface area (Å²) in [5.74, 6) is 0.305. The number of nitrogens with one attached hydrogen (secondary N) is 1. The molecule has 0 aliphatic carbocycles. The lowest BCUT2D eigenvalue weighted by atomic mass is 9.75. The molecule has 1 fully saturated rings. The van der Waals surface area contributed by atoms with E-state index in [4.69, 9.17) is 0 Å². The van der Waals surface area contributed by atoms with E-state index in [0.717, 1.165) is 39.0 Å². The average Bonchev–Trinajstić information content (AvgIpc) is 2.23. The molecule has 0 saturated carbocycles. The van der Waals surface area contributed by atoms with Gasteiger partial charge in [0.1, 0.15) is 0 Å². The molecular formula is C13H24N2O. The number of hydrogen-bond acceptors (Lipinski definition) is 3. The first-order valence-electron chi connectivity index (χ1n) is 6.31. The van der Waals surface area contributed by atoms with Crippen LogP contribution in [0, 0.1) is 5.92 Å². The van der Waals surface area contributed by atoms with E-state index in [1.165, 1.54) is 11.1 Å². The highest BCUT2D eigenvalue weighted by Crippen LogP contribution is 2.34. The Hall–Kier alpha value is -0.380. The number of aliphatic hydroxyl groups is 1. The Morgan fingerprint density at radius 2 is 2.25 bits per heavy atom. The van der Waals surface area contributed by atoms with Crippen molar-refractivity contribution in [3.63, 3.8) is 0 Å². The van der Waals surface area contributed by atoms with Crippen LogP contribution in [-0.2, 0) is 0 Å². The summed E-state index contributed by atoms with van der Waals surface area (Å²) in [5, 5.41) is 14.0. The van der Waals surface area contributed by atoms with E-state index < -0.39 is 5.60 Å². The predicted molar refractivity (Wildman–Crippen MR) is 66.4 cm³/mol. The SMILES string of the molecule is CC1=C(C2CN(C)CCC2(C)O)CNCC1. The summed E-state index contributed by atoms with van der Waals surface area (Å²) in [6, 6.07) is 0. The van der Waals surface area contributed by atoms with Gasteiger partial charge in [-0.1, -0.05) is 11.1 Å². The molecule has 2 aliphatic rings. The maximum Gasteiger partial charge on any atom is 0.0709 e. The van der Waals surface area contributed by atoms with Gasteiger partial charge in [0.2, 0.25) is 0 Å². The number of piperidine rings is 1. The molecule has 0 aromatic carbocycles. The molecule has 2 N–H and O–H groups in total. The Bertz CT molecular complexity index is 296. The molecular weight excluding hydrogens is 200 g/mol. The van der Waals surface area contributed by atoms with Gasteiger partial charge < -0.3 is 15.3 Å². The van der Waals surface area contributed by atoms with Crippen LogP contribution in [0.3, 0.4) is 0 Å². The molecule has 0 spiro atoms. The Labute approximate surface area is 98.5 Å². The third-order valence-electron chi connectivity index (χ3n) is 4.21. The number of hydrogen-bond donors (Lipinski definition) is 2. The van der Waals surface area contributed by atoms with Crippen LogP contribution in [0.4, 0.5) is 0 Å². The van der Waals surface area contributed by atoms with Crippen LogP contribution in [0.25, 0.3) is 0 Å². The molecule has 0 aromatic rings. The van der Waals surface area contributed by atoms with Gasteiger partial charge in [0, 0.05) is 25.6 Å². The standard InChI is InChI=1S/C13H24N2O/c1-10-4-6-14-8-11(10)12-9-15(3)7-5-13(12,2)16/h12,14,16H,4-9H2,1-3H3. The molecule has 0 radical (unpaired) electrons. The highest BCUT2D eigenvalue weighted by atomic mass is 16.3. The topological polar surface area (TPSA) is 35.5 Å². The van der Waals surface area contributed by atoms with E-state index in [-0.39, 0.29) is 0 Å². The van der Waals surface area contributed by atoms with Gasteiger partial charge in [-0.3, -0.25) is 0 Å². The summed E-state index contributed by atoms with van der Waals surface area (Å²) < 4.78 is 0. The maximum absolute atomic E-state index is 10.5. The van der Waals surface area contributed by atoms with Crippen LogP contribution in [0.15, 0.2) is 11.1 Å². The summed E-state index contributed by atoms with van der Waals surface area (Å²) in [6.07, 6.45) is 2.01. The van der Waals surface area contributed by atoms with Crippen LogP contribution < -0.4 is 5.32 Å². The van der Waals surface area contributed by atoms with E-state index in [1.807, 2.05) is 6.92 Å². The van der Waals surface area contributed by atoms with Gasteiger partial charge in [-0.15, -0.1) is 0 Å². The lowest BCUT2D eigenvalue weighted by molar-refractivity contribution is -0.0391. The zero-order valence-electron chi connectivity index (χ0n) is 10.7. The molecule has 0 amide bonds. The lowest BCUT2D eigenvalue weighted by Crippen LogP contribution is -2.51. The first kappa shape index (κ1) is 12.1. The van der Waals surface area contributed by atoms with Gasteiger partial charge in [-0.25, -0.2) is 0 Å². The molecule has 3 nitrogen and oxygen atoms in total. The second kappa shape index (κ2) is 4.47.